The van der Waals surface area contributed by atoms with Crippen LogP contribution in [0.15, 0.2) is 0 Å². The van der Waals surface area contributed by atoms with Gasteiger partial charge in [0, 0.05) is 19.0 Å². The molecule has 0 heterocycles. The highest BCUT2D eigenvalue weighted by Gasteiger charge is 2.42. The van der Waals surface area contributed by atoms with Crippen LogP contribution in [0.4, 0.5) is 0 Å². The van der Waals surface area contributed by atoms with Crippen molar-refractivity contribution in [2.24, 2.45) is 11.3 Å². The minimum Gasteiger partial charge on any atom is -0.481 e. The van der Waals surface area contributed by atoms with Crippen molar-refractivity contribution in [2.75, 3.05) is 6.54 Å². The second-order valence-electron chi connectivity index (χ2n) is 7.18. The predicted molar refractivity (Wildman–Crippen MR) is 75.2 cm³/mol. The van der Waals surface area contributed by atoms with Gasteiger partial charge in [-0.15, -0.1) is 0 Å². The highest BCUT2D eigenvalue weighted by Crippen LogP contribution is 2.45. The largest absolute Gasteiger partial charge is 0.481 e. The van der Waals surface area contributed by atoms with Gasteiger partial charge in [0.2, 0.25) is 5.91 Å². The Bertz CT molecular complexity index is 393. The fourth-order valence-corrected chi connectivity index (χ4v) is 3.70. The molecular weight excluding hydrogens is 254 g/mol. The van der Waals surface area contributed by atoms with Crippen molar-refractivity contribution in [3.63, 3.8) is 0 Å². The van der Waals surface area contributed by atoms with E-state index in [1.54, 1.807) is 0 Å². The van der Waals surface area contributed by atoms with Crippen molar-refractivity contribution in [1.29, 1.82) is 0 Å². The predicted octanol–water partition coefficient (Wildman–Crippen LogP) is 2.81. The van der Waals surface area contributed by atoms with Crippen LogP contribution < -0.4 is 0 Å². The van der Waals surface area contributed by atoms with Crippen molar-refractivity contribution in [3.8, 4) is 0 Å². The molecule has 0 spiro atoms. The molecule has 0 radical (unpaired) electrons. The number of hydrogen-bond donors (Lipinski definition) is 1. The van der Waals surface area contributed by atoms with Crippen LogP contribution in [0.5, 0.6) is 0 Å². The van der Waals surface area contributed by atoms with Crippen molar-refractivity contribution in [1.82, 2.24) is 4.90 Å². The van der Waals surface area contributed by atoms with Gasteiger partial charge in [-0.25, -0.2) is 0 Å². The second-order valence-corrected chi connectivity index (χ2v) is 7.18. The van der Waals surface area contributed by atoms with Crippen LogP contribution in [0.3, 0.4) is 0 Å². The summed E-state index contributed by atoms with van der Waals surface area (Å²) in [5.74, 6) is 0.195. The maximum atomic E-state index is 12.7. The highest BCUT2D eigenvalue weighted by molar-refractivity contribution is 5.79. The summed E-state index contributed by atoms with van der Waals surface area (Å²) in [5.41, 5.74) is -0.250. The first-order chi connectivity index (χ1) is 9.58. The van der Waals surface area contributed by atoms with Gasteiger partial charge >= 0.3 is 5.97 Å². The van der Waals surface area contributed by atoms with Gasteiger partial charge in [0.25, 0.3) is 0 Å². The Balaban J connectivity index is 1.63. The third-order valence-corrected chi connectivity index (χ3v) is 5.18. The number of carbonyl (C=O) groups excluding carboxylic acids is 1. The van der Waals surface area contributed by atoms with Crippen molar-refractivity contribution in [2.45, 2.75) is 70.3 Å². The molecule has 3 fully saturated rings. The molecule has 1 N–H and O–H groups in total. The number of hydrogen-bond acceptors (Lipinski definition) is 2. The van der Waals surface area contributed by atoms with E-state index in [-0.39, 0.29) is 17.7 Å². The fraction of sp³-hybridized carbons (Fsp3) is 0.875. The zero-order chi connectivity index (χ0) is 14.2. The number of amides is 1. The van der Waals surface area contributed by atoms with Gasteiger partial charge < -0.3 is 10.0 Å². The average molecular weight is 279 g/mol. The van der Waals surface area contributed by atoms with Crippen LogP contribution in [0.1, 0.15) is 64.2 Å². The molecule has 0 aromatic carbocycles. The molecule has 112 valence electrons. The van der Waals surface area contributed by atoms with Crippen molar-refractivity contribution in [3.05, 3.63) is 0 Å². The molecule has 3 aliphatic rings. The molecule has 0 atom stereocenters. The zero-order valence-electron chi connectivity index (χ0n) is 12.1. The first-order valence-corrected chi connectivity index (χ1v) is 8.09. The molecule has 0 aromatic heterocycles. The standard InChI is InChI=1S/C16H25NO3/c18-14(17(13-5-6-13)11-12-3-4-12)9-16(10-15(19)20)7-1-2-8-16/h12-13H,1-11H2,(H,19,20). The molecule has 4 heteroatoms. The van der Waals surface area contributed by atoms with Crippen LogP contribution in [-0.4, -0.2) is 34.5 Å². The monoisotopic (exact) mass is 279 g/mol. The molecule has 1 amide bonds. The Morgan fingerprint density at radius 1 is 1.05 bits per heavy atom. The normalized spacial score (nSPS) is 24.6. The molecule has 0 unspecified atom stereocenters. The van der Waals surface area contributed by atoms with Gasteiger partial charge in [0.15, 0.2) is 0 Å². The topological polar surface area (TPSA) is 57.6 Å². The van der Waals surface area contributed by atoms with Gasteiger partial charge in [-0.1, -0.05) is 12.8 Å². The first kappa shape index (κ1) is 13.9. The van der Waals surface area contributed by atoms with E-state index in [2.05, 4.69) is 4.90 Å². The quantitative estimate of drug-likeness (QED) is 0.779. The fourth-order valence-electron chi connectivity index (χ4n) is 3.70. The summed E-state index contributed by atoms with van der Waals surface area (Å²) in [5, 5.41) is 9.14. The maximum absolute atomic E-state index is 12.7. The maximum Gasteiger partial charge on any atom is 0.303 e. The lowest BCUT2D eigenvalue weighted by atomic mass is 9.79. The number of carboxylic acids is 1. The lowest BCUT2D eigenvalue weighted by Crippen LogP contribution is -2.38. The van der Waals surface area contributed by atoms with Crippen LogP contribution >= 0.6 is 0 Å². The van der Waals surface area contributed by atoms with E-state index in [0.29, 0.717) is 12.5 Å². The van der Waals surface area contributed by atoms with Gasteiger partial charge in [-0.2, -0.15) is 0 Å². The lowest BCUT2D eigenvalue weighted by molar-refractivity contribution is -0.141. The van der Waals surface area contributed by atoms with E-state index in [4.69, 9.17) is 5.11 Å². The van der Waals surface area contributed by atoms with Crippen LogP contribution in [-0.2, 0) is 9.59 Å². The SMILES string of the molecule is O=C(O)CC1(CC(=O)N(CC2CC2)C2CC2)CCCC1. The Morgan fingerprint density at radius 3 is 2.20 bits per heavy atom. The van der Waals surface area contributed by atoms with Gasteiger partial charge in [0.1, 0.15) is 0 Å². The van der Waals surface area contributed by atoms with Gasteiger partial charge in [0.05, 0.1) is 6.42 Å². The summed E-state index contributed by atoms with van der Waals surface area (Å²) in [7, 11) is 0. The van der Waals surface area contributed by atoms with Crippen LogP contribution in [0.25, 0.3) is 0 Å². The average Bonchev–Trinajstić information content (AvgIpc) is 3.27. The molecule has 0 aliphatic heterocycles. The number of carbonyl (C=O) groups is 2. The minimum absolute atomic E-state index is 0.167. The molecule has 0 bridgehead atoms. The van der Waals surface area contributed by atoms with E-state index in [0.717, 1.165) is 51.0 Å². The smallest absolute Gasteiger partial charge is 0.303 e. The Morgan fingerprint density at radius 2 is 1.70 bits per heavy atom. The molecule has 3 saturated carbocycles. The zero-order valence-corrected chi connectivity index (χ0v) is 12.1. The molecule has 0 aromatic rings. The number of nitrogens with zero attached hydrogens (tertiary/aromatic N) is 1. The second kappa shape index (κ2) is 5.38. The minimum atomic E-state index is -0.750. The summed E-state index contributed by atoms with van der Waals surface area (Å²) < 4.78 is 0. The Kier molecular flexibility index (Phi) is 3.74. The van der Waals surface area contributed by atoms with E-state index in [1.807, 2.05) is 0 Å². The summed E-state index contributed by atoms with van der Waals surface area (Å²) in [6, 6.07) is 0.464. The van der Waals surface area contributed by atoms with E-state index < -0.39 is 5.97 Å². The van der Waals surface area contributed by atoms with Crippen molar-refractivity contribution >= 4 is 11.9 Å². The van der Waals surface area contributed by atoms with Crippen LogP contribution in [0.2, 0.25) is 0 Å². The van der Waals surface area contributed by atoms with Gasteiger partial charge in [-0.05, 0) is 49.9 Å². The van der Waals surface area contributed by atoms with Gasteiger partial charge in [-0.3, -0.25) is 9.59 Å². The third kappa shape index (κ3) is 3.33. The molecule has 3 aliphatic carbocycles. The van der Waals surface area contributed by atoms with E-state index in [9.17, 15) is 9.59 Å². The number of aliphatic carboxylic acids is 1. The van der Waals surface area contributed by atoms with E-state index >= 15 is 0 Å². The highest BCUT2D eigenvalue weighted by atomic mass is 16.4. The number of rotatable bonds is 7. The molecule has 4 nitrogen and oxygen atoms in total. The first-order valence-electron chi connectivity index (χ1n) is 8.09. The van der Waals surface area contributed by atoms with E-state index in [1.165, 1.54) is 12.8 Å². The lowest BCUT2D eigenvalue weighted by Gasteiger charge is -2.31. The Labute approximate surface area is 120 Å². The summed E-state index contributed by atoms with van der Waals surface area (Å²) in [6.07, 6.45) is 9.41. The van der Waals surface area contributed by atoms with Crippen LogP contribution in [0, 0.1) is 11.3 Å². The molecule has 0 saturated heterocycles. The third-order valence-electron chi connectivity index (χ3n) is 5.18. The summed E-state index contributed by atoms with van der Waals surface area (Å²) in [4.78, 5) is 25.9. The molecule has 20 heavy (non-hydrogen) atoms. The number of carboxylic acid groups (broad SMARTS) is 1. The molecule has 3 rings (SSSR count). The summed E-state index contributed by atoms with van der Waals surface area (Å²) in [6.45, 7) is 0.923. The Hall–Kier alpha value is -1.06. The van der Waals surface area contributed by atoms with Crippen molar-refractivity contribution < 1.29 is 14.7 Å². The summed E-state index contributed by atoms with van der Waals surface area (Å²) >= 11 is 0. The molecular formula is C16H25NO3.